The van der Waals surface area contributed by atoms with Crippen molar-refractivity contribution >= 4 is 32.6 Å². The van der Waals surface area contributed by atoms with Crippen LogP contribution in [0.5, 0.6) is 0 Å². The van der Waals surface area contributed by atoms with Gasteiger partial charge in [0.2, 0.25) is 10.0 Å². The lowest BCUT2D eigenvalue weighted by Crippen LogP contribution is -2.28. The SMILES string of the molecule is CCn1cc2c3c(cc(C(=O)OC)cc31)N(C)S(=O)(=O)CC2. The van der Waals surface area contributed by atoms with Crippen molar-refractivity contribution in [3.05, 3.63) is 29.5 Å². The van der Waals surface area contributed by atoms with Gasteiger partial charge in [-0.15, -0.1) is 0 Å². The summed E-state index contributed by atoms with van der Waals surface area (Å²) in [6, 6.07) is 3.37. The largest absolute Gasteiger partial charge is 0.465 e. The van der Waals surface area contributed by atoms with E-state index in [0.717, 1.165) is 23.0 Å². The molecule has 118 valence electrons. The van der Waals surface area contributed by atoms with E-state index in [1.165, 1.54) is 18.5 Å². The number of anilines is 1. The Kier molecular flexibility index (Phi) is 3.40. The smallest absolute Gasteiger partial charge is 0.337 e. The van der Waals surface area contributed by atoms with Crippen LogP contribution in [0.4, 0.5) is 5.69 Å². The van der Waals surface area contributed by atoms with Gasteiger partial charge in [0.25, 0.3) is 0 Å². The van der Waals surface area contributed by atoms with Gasteiger partial charge in [-0.2, -0.15) is 0 Å². The van der Waals surface area contributed by atoms with Gasteiger partial charge in [-0.1, -0.05) is 0 Å². The number of methoxy groups -OCH3 is 1. The van der Waals surface area contributed by atoms with E-state index in [4.69, 9.17) is 4.74 Å². The molecule has 0 unspecified atom stereocenters. The lowest BCUT2D eigenvalue weighted by atomic mass is 10.1. The second kappa shape index (κ2) is 5.01. The molecule has 0 bridgehead atoms. The predicted octanol–water partition coefficient (Wildman–Crippen LogP) is 1.77. The van der Waals surface area contributed by atoms with Crippen LogP contribution in [0.25, 0.3) is 10.9 Å². The Morgan fingerprint density at radius 1 is 1.36 bits per heavy atom. The van der Waals surface area contributed by atoms with Crippen LogP contribution in [0, 0.1) is 0 Å². The maximum atomic E-state index is 12.3. The third-order valence-corrected chi connectivity index (χ3v) is 5.94. The summed E-state index contributed by atoms with van der Waals surface area (Å²) in [6.45, 7) is 2.76. The topological polar surface area (TPSA) is 68.6 Å². The molecule has 1 aliphatic rings. The number of sulfonamides is 1. The van der Waals surface area contributed by atoms with Gasteiger partial charge in [0.05, 0.1) is 29.6 Å². The van der Waals surface area contributed by atoms with Crippen molar-refractivity contribution in [2.24, 2.45) is 0 Å². The van der Waals surface area contributed by atoms with Gasteiger partial charge < -0.3 is 9.30 Å². The highest BCUT2D eigenvalue weighted by Crippen LogP contribution is 2.36. The van der Waals surface area contributed by atoms with Crippen molar-refractivity contribution in [3.63, 3.8) is 0 Å². The Hall–Kier alpha value is -2.02. The molecule has 0 atom stereocenters. The number of rotatable bonds is 2. The molecular formula is C15H18N2O4S. The molecule has 1 aliphatic heterocycles. The van der Waals surface area contributed by atoms with E-state index in [1.54, 1.807) is 12.1 Å². The number of carbonyl (C=O) groups is 1. The summed E-state index contributed by atoms with van der Waals surface area (Å²) < 4.78 is 32.7. The van der Waals surface area contributed by atoms with Crippen molar-refractivity contribution in [1.82, 2.24) is 4.57 Å². The highest BCUT2D eigenvalue weighted by Gasteiger charge is 2.28. The average molecular weight is 322 g/mol. The average Bonchev–Trinajstić information content (AvgIpc) is 2.84. The number of aryl methyl sites for hydroxylation is 2. The molecule has 7 heteroatoms. The zero-order chi connectivity index (χ0) is 16.1. The van der Waals surface area contributed by atoms with Crippen LogP contribution in [0.1, 0.15) is 22.8 Å². The lowest BCUT2D eigenvalue weighted by Gasteiger charge is -2.19. The van der Waals surface area contributed by atoms with Gasteiger partial charge in [-0.3, -0.25) is 4.31 Å². The Balaban J connectivity index is 2.40. The summed E-state index contributed by atoms with van der Waals surface area (Å²) in [5, 5.41) is 0.901. The Bertz CT molecular complexity index is 867. The Labute approximate surface area is 129 Å². The number of ether oxygens (including phenoxy) is 1. The molecule has 0 spiro atoms. The molecular weight excluding hydrogens is 304 g/mol. The van der Waals surface area contributed by atoms with Gasteiger partial charge in [0.15, 0.2) is 0 Å². The zero-order valence-corrected chi connectivity index (χ0v) is 13.6. The van der Waals surface area contributed by atoms with Gasteiger partial charge >= 0.3 is 5.97 Å². The summed E-state index contributed by atoms with van der Waals surface area (Å²) in [6.07, 6.45) is 2.45. The van der Waals surface area contributed by atoms with E-state index in [-0.39, 0.29) is 5.75 Å². The summed E-state index contributed by atoms with van der Waals surface area (Å²) in [5.74, 6) is -0.409. The first kappa shape index (κ1) is 14.9. The fraction of sp³-hybridized carbons (Fsp3) is 0.400. The highest BCUT2D eigenvalue weighted by molar-refractivity contribution is 7.92. The van der Waals surface area contributed by atoms with Crippen molar-refractivity contribution < 1.29 is 17.9 Å². The maximum absolute atomic E-state index is 12.3. The molecule has 2 aromatic rings. The molecule has 0 amide bonds. The fourth-order valence-electron chi connectivity index (χ4n) is 2.95. The van der Waals surface area contributed by atoms with Crippen LogP contribution in [0.3, 0.4) is 0 Å². The summed E-state index contributed by atoms with van der Waals surface area (Å²) in [7, 11) is -0.533. The molecule has 0 saturated heterocycles. The highest BCUT2D eigenvalue weighted by atomic mass is 32.2. The molecule has 22 heavy (non-hydrogen) atoms. The lowest BCUT2D eigenvalue weighted by molar-refractivity contribution is 0.0601. The zero-order valence-electron chi connectivity index (χ0n) is 12.8. The first-order valence-electron chi connectivity index (χ1n) is 7.09. The molecule has 1 aromatic heterocycles. The van der Waals surface area contributed by atoms with Crippen molar-refractivity contribution in [2.75, 3.05) is 24.2 Å². The number of hydrogen-bond donors (Lipinski definition) is 0. The number of esters is 1. The number of hydrogen-bond acceptors (Lipinski definition) is 4. The second-order valence-corrected chi connectivity index (χ2v) is 7.47. The standard InChI is InChI=1S/C15H18N2O4S/c1-4-17-9-10-5-6-22(19,20)16(2)12-7-11(15(18)21-3)8-13(17)14(10)12/h7-9H,4-6H2,1-3H3. The quantitative estimate of drug-likeness (QED) is 0.790. The minimum absolute atomic E-state index is 0.0641. The molecule has 0 aliphatic carbocycles. The van der Waals surface area contributed by atoms with E-state index in [0.29, 0.717) is 17.7 Å². The molecule has 0 N–H and O–H groups in total. The Morgan fingerprint density at radius 3 is 2.73 bits per heavy atom. The van der Waals surface area contributed by atoms with Crippen molar-refractivity contribution in [2.45, 2.75) is 19.9 Å². The fourth-order valence-corrected chi connectivity index (χ4v) is 4.15. The minimum Gasteiger partial charge on any atom is -0.465 e. The normalized spacial score (nSPS) is 16.6. The van der Waals surface area contributed by atoms with Gasteiger partial charge in [0.1, 0.15) is 0 Å². The molecule has 0 radical (unpaired) electrons. The van der Waals surface area contributed by atoms with E-state index in [1.807, 2.05) is 17.7 Å². The number of aromatic nitrogens is 1. The van der Waals surface area contributed by atoms with Crippen LogP contribution in [-0.2, 0) is 27.7 Å². The van der Waals surface area contributed by atoms with Crippen LogP contribution in [-0.4, -0.2) is 38.9 Å². The summed E-state index contributed by atoms with van der Waals surface area (Å²) in [5.41, 5.74) is 2.75. The third kappa shape index (κ3) is 2.08. The van der Waals surface area contributed by atoms with E-state index in [2.05, 4.69) is 0 Å². The van der Waals surface area contributed by atoms with E-state index >= 15 is 0 Å². The first-order chi connectivity index (χ1) is 10.4. The van der Waals surface area contributed by atoms with Crippen LogP contribution < -0.4 is 4.31 Å². The minimum atomic E-state index is -3.38. The van der Waals surface area contributed by atoms with Gasteiger partial charge in [-0.05, 0) is 31.0 Å². The van der Waals surface area contributed by atoms with Crippen LogP contribution >= 0.6 is 0 Å². The van der Waals surface area contributed by atoms with Crippen LogP contribution in [0.15, 0.2) is 18.3 Å². The first-order valence-corrected chi connectivity index (χ1v) is 8.70. The molecule has 0 fully saturated rings. The van der Waals surface area contributed by atoms with Gasteiger partial charge in [-0.25, -0.2) is 13.2 Å². The van der Waals surface area contributed by atoms with E-state index in [9.17, 15) is 13.2 Å². The van der Waals surface area contributed by atoms with Crippen molar-refractivity contribution in [1.29, 1.82) is 0 Å². The van der Waals surface area contributed by atoms with Crippen molar-refractivity contribution in [3.8, 4) is 0 Å². The summed E-state index contributed by atoms with van der Waals surface area (Å²) >= 11 is 0. The summed E-state index contributed by atoms with van der Waals surface area (Å²) in [4.78, 5) is 11.9. The molecule has 6 nitrogen and oxygen atoms in total. The number of benzene rings is 1. The Morgan fingerprint density at radius 2 is 2.09 bits per heavy atom. The number of nitrogens with zero attached hydrogens (tertiary/aromatic N) is 2. The molecule has 2 heterocycles. The number of carbonyl (C=O) groups excluding carboxylic acids is 1. The van der Waals surface area contributed by atoms with Crippen LogP contribution in [0.2, 0.25) is 0 Å². The maximum Gasteiger partial charge on any atom is 0.337 e. The monoisotopic (exact) mass is 322 g/mol. The molecule has 3 rings (SSSR count). The van der Waals surface area contributed by atoms with Gasteiger partial charge in [0, 0.05) is 25.2 Å². The molecule has 1 aromatic carbocycles. The molecule has 0 saturated carbocycles. The van der Waals surface area contributed by atoms with E-state index < -0.39 is 16.0 Å². The predicted molar refractivity (Wildman–Crippen MR) is 84.8 cm³/mol. The third-order valence-electron chi connectivity index (χ3n) is 4.19. The second-order valence-electron chi connectivity index (χ2n) is 5.35.